The standard InChI is InChI=1S/C12H17NO3/c1-4-11(14)10-5-6-13(7-10)8-12(15)16-9(2)3/h5-7,9H,4,8H2,1-3H3. The zero-order valence-corrected chi connectivity index (χ0v) is 9.90. The van der Waals surface area contributed by atoms with Crippen molar-refractivity contribution in [1.29, 1.82) is 0 Å². The molecule has 0 saturated heterocycles. The highest BCUT2D eigenvalue weighted by Crippen LogP contribution is 2.05. The Kier molecular flexibility index (Phi) is 4.28. The maximum Gasteiger partial charge on any atom is 0.326 e. The van der Waals surface area contributed by atoms with Gasteiger partial charge in [-0.3, -0.25) is 9.59 Å². The normalized spacial score (nSPS) is 10.5. The van der Waals surface area contributed by atoms with Crippen molar-refractivity contribution in [3.63, 3.8) is 0 Å². The Bertz CT molecular complexity index is 379. The molecular weight excluding hydrogens is 206 g/mol. The number of esters is 1. The monoisotopic (exact) mass is 223 g/mol. The summed E-state index contributed by atoms with van der Waals surface area (Å²) in [7, 11) is 0. The van der Waals surface area contributed by atoms with Crippen LogP contribution in [0, 0.1) is 0 Å². The van der Waals surface area contributed by atoms with E-state index in [0.29, 0.717) is 12.0 Å². The van der Waals surface area contributed by atoms with Crippen LogP contribution in [0.25, 0.3) is 0 Å². The molecule has 0 spiro atoms. The molecule has 0 unspecified atom stereocenters. The zero-order valence-electron chi connectivity index (χ0n) is 9.90. The summed E-state index contributed by atoms with van der Waals surface area (Å²) in [6.07, 6.45) is 3.75. The average Bonchev–Trinajstić information content (AvgIpc) is 2.63. The van der Waals surface area contributed by atoms with Crippen LogP contribution in [0.4, 0.5) is 0 Å². The lowest BCUT2D eigenvalue weighted by molar-refractivity contribution is -0.148. The third kappa shape index (κ3) is 3.53. The molecule has 0 saturated carbocycles. The third-order valence-electron chi connectivity index (χ3n) is 2.07. The fourth-order valence-corrected chi connectivity index (χ4v) is 1.36. The molecule has 0 aliphatic carbocycles. The van der Waals surface area contributed by atoms with E-state index >= 15 is 0 Å². The summed E-state index contributed by atoms with van der Waals surface area (Å²) < 4.78 is 6.67. The summed E-state index contributed by atoms with van der Waals surface area (Å²) >= 11 is 0. The van der Waals surface area contributed by atoms with E-state index < -0.39 is 0 Å². The second-order valence-electron chi connectivity index (χ2n) is 3.89. The first kappa shape index (κ1) is 12.5. The summed E-state index contributed by atoms with van der Waals surface area (Å²) in [6, 6.07) is 1.72. The third-order valence-corrected chi connectivity index (χ3v) is 2.07. The van der Waals surface area contributed by atoms with Crippen LogP contribution in [-0.2, 0) is 16.1 Å². The highest BCUT2D eigenvalue weighted by Gasteiger charge is 2.09. The highest BCUT2D eigenvalue weighted by atomic mass is 16.5. The minimum absolute atomic E-state index is 0.0796. The van der Waals surface area contributed by atoms with E-state index in [1.54, 1.807) is 36.9 Å². The summed E-state index contributed by atoms with van der Waals surface area (Å²) in [4.78, 5) is 22.7. The van der Waals surface area contributed by atoms with Crippen LogP contribution in [0.3, 0.4) is 0 Å². The second kappa shape index (κ2) is 5.49. The predicted octanol–water partition coefficient (Wildman–Crippen LogP) is 2.03. The minimum Gasteiger partial charge on any atom is -0.462 e. The number of carbonyl (C=O) groups excluding carboxylic acids is 2. The van der Waals surface area contributed by atoms with E-state index in [1.165, 1.54) is 0 Å². The Morgan fingerprint density at radius 1 is 1.44 bits per heavy atom. The Balaban J connectivity index is 2.58. The van der Waals surface area contributed by atoms with Gasteiger partial charge in [0, 0.05) is 24.4 Å². The minimum atomic E-state index is -0.291. The van der Waals surface area contributed by atoms with Gasteiger partial charge in [-0.25, -0.2) is 0 Å². The van der Waals surface area contributed by atoms with Crippen molar-refractivity contribution in [2.45, 2.75) is 39.8 Å². The topological polar surface area (TPSA) is 48.3 Å². The summed E-state index contributed by atoms with van der Waals surface area (Å²) in [5, 5.41) is 0. The van der Waals surface area contributed by atoms with Crippen molar-refractivity contribution in [3.05, 3.63) is 24.0 Å². The number of nitrogens with zero attached hydrogens (tertiary/aromatic N) is 1. The molecule has 0 aromatic carbocycles. The number of hydrogen-bond donors (Lipinski definition) is 0. The zero-order chi connectivity index (χ0) is 12.1. The van der Waals surface area contributed by atoms with E-state index in [9.17, 15) is 9.59 Å². The first-order valence-corrected chi connectivity index (χ1v) is 5.41. The van der Waals surface area contributed by atoms with Gasteiger partial charge in [-0.1, -0.05) is 6.92 Å². The van der Waals surface area contributed by atoms with Crippen molar-refractivity contribution in [2.24, 2.45) is 0 Å². The molecule has 0 N–H and O–H groups in total. The van der Waals surface area contributed by atoms with Crippen LogP contribution in [0.15, 0.2) is 18.5 Å². The number of rotatable bonds is 5. The summed E-state index contributed by atoms with van der Waals surface area (Å²) in [6.45, 7) is 5.57. The van der Waals surface area contributed by atoms with Gasteiger partial charge in [0.15, 0.2) is 5.78 Å². The molecule has 1 heterocycles. The molecule has 4 nitrogen and oxygen atoms in total. The van der Waals surface area contributed by atoms with E-state index in [1.807, 2.05) is 6.92 Å². The van der Waals surface area contributed by atoms with E-state index in [4.69, 9.17) is 4.74 Å². The van der Waals surface area contributed by atoms with Crippen molar-refractivity contribution in [2.75, 3.05) is 0 Å². The van der Waals surface area contributed by atoms with Crippen LogP contribution < -0.4 is 0 Å². The lowest BCUT2D eigenvalue weighted by atomic mass is 10.2. The fraction of sp³-hybridized carbons (Fsp3) is 0.500. The molecule has 0 amide bonds. The molecule has 1 rings (SSSR count). The molecule has 1 aromatic heterocycles. The Morgan fingerprint density at radius 3 is 2.69 bits per heavy atom. The molecule has 0 fully saturated rings. The lowest BCUT2D eigenvalue weighted by Gasteiger charge is -2.07. The second-order valence-corrected chi connectivity index (χ2v) is 3.89. The molecule has 0 radical (unpaired) electrons. The van der Waals surface area contributed by atoms with Crippen LogP contribution in [-0.4, -0.2) is 22.4 Å². The Hall–Kier alpha value is -1.58. The molecule has 0 atom stereocenters. The van der Waals surface area contributed by atoms with Gasteiger partial charge >= 0.3 is 5.97 Å². The predicted molar refractivity (Wildman–Crippen MR) is 60.3 cm³/mol. The van der Waals surface area contributed by atoms with E-state index in [-0.39, 0.29) is 24.4 Å². The van der Waals surface area contributed by atoms with Gasteiger partial charge in [0.2, 0.25) is 0 Å². The van der Waals surface area contributed by atoms with Gasteiger partial charge < -0.3 is 9.30 Å². The first-order valence-electron chi connectivity index (χ1n) is 5.41. The molecule has 88 valence electrons. The number of Topliss-reactive ketones (excluding diaryl/α,β-unsaturated/α-hetero) is 1. The van der Waals surface area contributed by atoms with Crippen molar-refractivity contribution < 1.29 is 14.3 Å². The number of carbonyl (C=O) groups is 2. The van der Waals surface area contributed by atoms with Crippen molar-refractivity contribution in [1.82, 2.24) is 4.57 Å². The summed E-state index contributed by atoms with van der Waals surface area (Å²) in [5.74, 6) is -0.211. The van der Waals surface area contributed by atoms with Gasteiger partial charge in [0.25, 0.3) is 0 Å². The number of hydrogen-bond acceptors (Lipinski definition) is 3. The van der Waals surface area contributed by atoms with Gasteiger partial charge in [-0.05, 0) is 19.9 Å². The molecule has 4 heteroatoms. The first-order chi connectivity index (χ1) is 7.52. The van der Waals surface area contributed by atoms with Gasteiger partial charge in [-0.15, -0.1) is 0 Å². The molecule has 16 heavy (non-hydrogen) atoms. The Morgan fingerprint density at radius 2 is 2.12 bits per heavy atom. The van der Waals surface area contributed by atoms with Crippen molar-refractivity contribution >= 4 is 11.8 Å². The quantitative estimate of drug-likeness (QED) is 0.567. The van der Waals surface area contributed by atoms with Crippen LogP contribution in [0.5, 0.6) is 0 Å². The number of aromatic nitrogens is 1. The number of ketones is 1. The molecular formula is C12H17NO3. The maximum atomic E-state index is 11.4. The van der Waals surface area contributed by atoms with Gasteiger partial charge in [0.05, 0.1) is 6.10 Å². The molecule has 1 aromatic rings. The summed E-state index contributed by atoms with van der Waals surface area (Å²) in [5.41, 5.74) is 0.639. The smallest absolute Gasteiger partial charge is 0.326 e. The van der Waals surface area contributed by atoms with Crippen LogP contribution in [0.1, 0.15) is 37.6 Å². The molecule has 0 aliphatic heterocycles. The van der Waals surface area contributed by atoms with Gasteiger partial charge in [-0.2, -0.15) is 0 Å². The fourth-order valence-electron chi connectivity index (χ4n) is 1.36. The average molecular weight is 223 g/mol. The van der Waals surface area contributed by atoms with E-state index in [2.05, 4.69) is 0 Å². The molecule has 0 aliphatic rings. The largest absolute Gasteiger partial charge is 0.462 e. The molecule has 0 bridgehead atoms. The lowest BCUT2D eigenvalue weighted by Crippen LogP contribution is -2.16. The Labute approximate surface area is 95.2 Å². The highest BCUT2D eigenvalue weighted by molar-refractivity contribution is 5.95. The van der Waals surface area contributed by atoms with Crippen LogP contribution >= 0.6 is 0 Å². The van der Waals surface area contributed by atoms with Crippen LogP contribution in [0.2, 0.25) is 0 Å². The van der Waals surface area contributed by atoms with Gasteiger partial charge in [0.1, 0.15) is 6.54 Å². The number of ether oxygens (including phenoxy) is 1. The maximum absolute atomic E-state index is 11.4. The van der Waals surface area contributed by atoms with E-state index in [0.717, 1.165) is 0 Å². The SMILES string of the molecule is CCC(=O)c1ccn(CC(=O)OC(C)C)c1. The van der Waals surface area contributed by atoms with Crippen molar-refractivity contribution in [3.8, 4) is 0 Å².